The van der Waals surface area contributed by atoms with E-state index in [0.29, 0.717) is 17.4 Å². The number of hydrogen-bond donors (Lipinski definition) is 2. The quantitative estimate of drug-likeness (QED) is 0.689. The first-order valence-electron chi connectivity index (χ1n) is 6.57. The van der Waals surface area contributed by atoms with Crippen LogP contribution in [-0.2, 0) is 9.59 Å². The highest BCUT2D eigenvalue weighted by Gasteiger charge is 2.66. The van der Waals surface area contributed by atoms with Gasteiger partial charge in [0.1, 0.15) is 11.9 Å². The van der Waals surface area contributed by atoms with Gasteiger partial charge in [-0.3, -0.25) is 4.79 Å². The SMILES string of the molecule is CC1=C2C(=C[C@@](C)(C=O)[C@@H]2O)C(=O)[C@](C)(O)C12CC2. The molecule has 0 amide bonds. The highest BCUT2D eigenvalue weighted by molar-refractivity contribution is 6.10. The zero-order valence-electron chi connectivity index (χ0n) is 11.4. The summed E-state index contributed by atoms with van der Waals surface area (Å²) < 4.78 is 0. The van der Waals surface area contributed by atoms with E-state index in [1.54, 1.807) is 13.8 Å². The number of fused-ring (bicyclic) bond motifs is 1. The van der Waals surface area contributed by atoms with E-state index in [4.69, 9.17) is 0 Å². The van der Waals surface area contributed by atoms with Gasteiger partial charge >= 0.3 is 0 Å². The lowest BCUT2D eigenvalue weighted by Gasteiger charge is -2.39. The standard InChI is InChI=1S/C15H18O4/c1-8-10-9(6-13(2,7-16)12(10)18)11(17)14(3,19)15(8)4-5-15/h6-7,12,18-19H,4-5H2,1-3H3/t12-,13+,14+/m1/s1. The van der Waals surface area contributed by atoms with Crippen molar-refractivity contribution >= 4 is 12.1 Å². The summed E-state index contributed by atoms with van der Waals surface area (Å²) >= 11 is 0. The van der Waals surface area contributed by atoms with Gasteiger partial charge in [0.25, 0.3) is 0 Å². The minimum absolute atomic E-state index is 0.321. The van der Waals surface area contributed by atoms with Gasteiger partial charge in [-0.25, -0.2) is 0 Å². The van der Waals surface area contributed by atoms with E-state index in [9.17, 15) is 19.8 Å². The maximum Gasteiger partial charge on any atom is 0.195 e. The molecule has 3 atom stereocenters. The van der Waals surface area contributed by atoms with Gasteiger partial charge in [0, 0.05) is 11.0 Å². The Labute approximate surface area is 111 Å². The van der Waals surface area contributed by atoms with Crippen LogP contribution in [0.2, 0.25) is 0 Å². The molecule has 0 bridgehead atoms. The van der Waals surface area contributed by atoms with Gasteiger partial charge in [-0.15, -0.1) is 0 Å². The van der Waals surface area contributed by atoms with E-state index in [0.717, 1.165) is 18.4 Å². The summed E-state index contributed by atoms with van der Waals surface area (Å²) in [5.41, 5.74) is -1.29. The lowest BCUT2D eigenvalue weighted by atomic mass is 9.67. The summed E-state index contributed by atoms with van der Waals surface area (Å²) in [5, 5.41) is 21.0. The fourth-order valence-electron chi connectivity index (χ4n) is 3.71. The summed E-state index contributed by atoms with van der Waals surface area (Å²) in [4.78, 5) is 23.7. The van der Waals surface area contributed by atoms with Crippen molar-refractivity contribution in [3.05, 3.63) is 22.8 Å². The fourth-order valence-corrected chi connectivity index (χ4v) is 3.71. The minimum atomic E-state index is -1.43. The first-order valence-corrected chi connectivity index (χ1v) is 6.57. The van der Waals surface area contributed by atoms with E-state index in [2.05, 4.69) is 0 Å². The fraction of sp³-hybridized carbons (Fsp3) is 0.600. The molecule has 1 spiro atoms. The minimum Gasteiger partial charge on any atom is -0.387 e. The van der Waals surface area contributed by atoms with E-state index >= 15 is 0 Å². The van der Waals surface area contributed by atoms with Crippen LogP contribution in [0.25, 0.3) is 0 Å². The van der Waals surface area contributed by atoms with Crippen molar-refractivity contribution < 1.29 is 19.8 Å². The molecular weight excluding hydrogens is 244 g/mol. The number of hydrogen-bond acceptors (Lipinski definition) is 4. The first-order chi connectivity index (χ1) is 8.71. The molecule has 1 fully saturated rings. The van der Waals surface area contributed by atoms with Gasteiger partial charge in [-0.1, -0.05) is 11.6 Å². The molecule has 0 radical (unpaired) electrons. The van der Waals surface area contributed by atoms with Gasteiger partial charge < -0.3 is 15.0 Å². The molecule has 19 heavy (non-hydrogen) atoms. The van der Waals surface area contributed by atoms with Crippen molar-refractivity contribution in [3.63, 3.8) is 0 Å². The molecule has 102 valence electrons. The predicted octanol–water partition coefficient (Wildman–Crippen LogP) is 0.923. The second-order valence-corrected chi connectivity index (χ2v) is 6.47. The maximum atomic E-state index is 12.5. The van der Waals surface area contributed by atoms with Crippen molar-refractivity contribution in [2.45, 2.75) is 45.3 Å². The van der Waals surface area contributed by atoms with Crippen LogP contribution >= 0.6 is 0 Å². The molecule has 3 aliphatic carbocycles. The van der Waals surface area contributed by atoms with Crippen molar-refractivity contribution in [1.82, 2.24) is 0 Å². The number of ketones is 1. The largest absolute Gasteiger partial charge is 0.387 e. The van der Waals surface area contributed by atoms with Gasteiger partial charge in [-0.05, 0) is 39.2 Å². The van der Waals surface area contributed by atoms with Crippen molar-refractivity contribution in [3.8, 4) is 0 Å². The van der Waals surface area contributed by atoms with Crippen LogP contribution in [0.1, 0.15) is 33.6 Å². The van der Waals surface area contributed by atoms with E-state index in [-0.39, 0.29) is 5.78 Å². The van der Waals surface area contributed by atoms with E-state index in [1.165, 1.54) is 6.08 Å². The van der Waals surface area contributed by atoms with Crippen LogP contribution in [-0.4, -0.2) is 34.0 Å². The monoisotopic (exact) mass is 262 g/mol. The Morgan fingerprint density at radius 1 is 1.37 bits per heavy atom. The maximum absolute atomic E-state index is 12.5. The summed E-state index contributed by atoms with van der Waals surface area (Å²) in [6, 6.07) is 0. The second kappa shape index (κ2) is 3.25. The van der Waals surface area contributed by atoms with Crippen LogP contribution < -0.4 is 0 Å². The summed E-state index contributed by atoms with van der Waals surface area (Å²) in [6.45, 7) is 5.01. The normalized spacial score (nSPS) is 43.3. The zero-order chi connectivity index (χ0) is 14.2. The molecule has 0 unspecified atom stereocenters. The van der Waals surface area contributed by atoms with Crippen LogP contribution in [0.4, 0.5) is 0 Å². The average molecular weight is 262 g/mol. The molecule has 0 aliphatic heterocycles. The number of rotatable bonds is 1. The van der Waals surface area contributed by atoms with Crippen molar-refractivity contribution in [2.75, 3.05) is 0 Å². The molecule has 0 aromatic carbocycles. The highest BCUT2D eigenvalue weighted by atomic mass is 16.3. The molecule has 0 saturated heterocycles. The molecular formula is C15H18O4. The third-order valence-electron chi connectivity index (χ3n) is 5.35. The predicted molar refractivity (Wildman–Crippen MR) is 68.3 cm³/mol. The molecule has 0 aromatic heterocycles. The lowest BCUT2D eigenvalue weighted by molar-refractivity contribution is -0.138. The number of aliphatic hydroxyl groups is 2. The highest BCUT2D eigenvalue weighted by Crippen LogP contribution is 2.65. The van der Waals surface area contributed by atoms with Gasteiger partial charge in [0.05, 0.1) is 11.5 Å². The number of carbonyl (C=O) groups excluding carboxylic acids is 2. The Hall–Kier alpha value is -1.26. The summed E-state index contributed by atoms with van der Waals surface area (Å²) in [5.74, 6) is -0.366. The molecule has 4 heteroatoms. The Morgan fingerprint density at radius 2 is 1.95 bits per heavy atom. The topological polar surface area (TPSA) is 74.6 Å². The van der Waals surface area contributed by atoms with Crippen LogP contribution in [0, 0.1) is 10.8 Å². The summed E-state index contributed by atoms with van der Waals surface area (Å²) in [6.07, 6.45) is 2.69. The molecule has 3 rings (SSSR count). The summed E-state index contributed by atoms with van der Waals surface area (Å²) in [7, 11) is 0. The third-order valence-corrected chi connectivity index (χ3v) is 5.35. The van der Waals surface area contributed by atoms with Crippen LogP contribution in [0.3, 0.4) is 0 Å². The van der Waals surface area contributed by atoms with Gasteiger partial charge in [-0.2, -0.15) is 0 Å². The molecule has 2 N–H and O–H groups in total. The number of Topliss-reactive ketones (excluding diaryl/α,β-unsaturated/α-hetero) is 1. The van der Waals surface area contributed by atoms with E-state index in [1.807, 2.05) is 6.92 Å². The Morgan fingerprint density at radius 3 is 2.42 bits per heavy atom. The zero-order valence-corrected chi connectivity index (χ0v) is 11.4. The number of aldehydes is 1. The Balaban J connectivity index is 2.28. The molecule has 4 nitrogen and oxygen atoms in total. The average Bonchev–Trinajstić information content (AvgIpc) is 3.12. The molecule has 0 aromatic rings. The number of aliphatic hydroxyl groups excluding tert-OH is 1. The van der Waals surface area contributed by atoms with Crippen molar-refractivity contribution in [1.29, 1.82) is 0 Å². The smallest absolute Gasteiger partial charge is 0.195 e. The van der Waals surface area contributed by atoms with Gasteiger partial charge in [0.2, 0.25) is 0 Å². The lowest BCUT2D eigenvalue weighted by Crippen LogP contribution is -2.50. The number of carbonyl (C=O) groups is 2. The van der Waals surface area contributed by atoms with Crippen LogP contribution in [0.5, 0.6) is 0 Å². The third kappa shape index (κ3) is 1.21. The molecule has 3 aliphatic rings. The molecule has 0 heterocycles. The Bertz CT molecular complexity index is 563. The van der Waals surface area contributed by atoms with Crippen molar-refractivity contribution in [2.24, 2.45) is 10.8 Å². The van der Waals surface area contributed by atoms with E-state index < -0.39 is 22.5 Å². The molecule has 1 saturated carbocycles. The van der Waals surface area contributed by atoms with Gasteiger partial charge in [0.15, 0.2) is 5.78 Å². The Kier molecular flexibility index (Phi) is 2.18. The first kappa shape index (κ1) is 12.8. The second-order valence-electron chi connectivity index (χ2n) is 6.47. The van der Waals surface area contributed by atoms with Crippen LogP contribution in [0.15, 0.2) is 22.8 Å².